The van der Waals surface area contributed by atoms with Crippen molar-refractivity contribution in [2.24, 2.45) is 17.8 Å². The van der Waals surface area contributed by atoms with Gasteiger partial charge >= 0.3 is 5.97 Å². The molecule has 0 spiro atoms. The van der Waals surface area contributed by atoms with Gasteiger partial charge in [0.05, 0.1) is 25.0 Å². The van der Waals surface area contributed by atoms with Crippen LogP contribution in [0.3, 0.4) is 0 Å². The highest BCUT2D eigenvalue weighted by Crippen LogP contribution is 2.38. The Morgan fingerprint density at radius 1 is 1.24 bits per heavy atom. The van der Waals surface area contributed by atoms with Gasteiger partial charge in [-0.1, -0.05) is 6.92 Å². The minimum atomic E-state index is -0.928. The van der Waals surface area contributed by atoms with E-state index in [4.69, 9.17) is 4.74 Å². The van der Waals surface area contributed by atoms with Crippen LogP contribution in [0.5, 0.6) is 0 Å². The standard InChI is InChI=1S/C14H22N2O5/c1-8-5-9(10(6-8)14(19)20)13(18)16-3-4-21-7-11(16)12(17)15-2/h8-11H,3-7H2,1-2H3,(H,15,17)(H,19,20)/t8?,9-,10+,11?/m0/s1. The van der Waals surface area contributed by atoms with Gasteiger partial charge in [-0.3, -0.25) is 14.4 Å². The summed E-state index contributed by atoms with van der Waals surface area (Å²) < 4.78 is 5.27. The van der Waals surface area contributed by atoms with E-state index >= 15 is 0 Å². The van der Waals surface area contributed by atoms with Crippen LogP contribution in [0.15, 0.2) is 0 Å². The molecule has 7 nitrogen and oxygen atoms in total. The molecule has 0 radical (unpaired) electrons. The van der Waals surface area contributed by atoms with E-state index in [1.54, 1.807) is 0 Å². The first kappa shape index (κ1) is 15.8. The SMILES string of the molecule is CNC(=O)C1COCCN1C(=O)[C@H]1CC(C)C[C@H]1C(=O)O. The second kappa shape index (κ2) is 6.43. The average Bonchev–Trinajstić information content (AvgIpc) is 2.88. The van der Waals surface area contributed by atoms with Crippen LogP contribution in [0.1, 0.15) is 19.8 Å². The molecule has 1 heterocycles. The van der Waals surface area contributed by atoms with E-state index in [0.29, 0.717) is 26.0 Å². The largest absolute Gasteiger partial charge is 0.481 e. The highest BCUT2D eigenvalue weighted by Gasteiger charge is 2.45. The van der Waals surface area contributed by atoms with Crippen molar-refractivity contribution in [2.75, 3.05) is 26.8 Å². The topological polar surface area (TPSA) is 95.9 Å². The van der Waals surface area contributed by atoms with Crippen LogP contribution >= 0.6 is 0 Å². The Balaban J connectivity index is 2.16. The van der Waals surface area contributed by atoms with Gasteiger partial charge in [0.1, 0.15) is 6.04 Å². The maximum Gasteiger partial charge on any atom is 0.307 e. The lowest BCUT2D eigenvalue weighted by Crippen LogP contribution is -2.57. The van der Waals surface area contributed by atoms with E-state index in [0.717, 1.165) is 0 Å². The molecule has 1 saturated carbocycles. The van der Waals surface area contributed by atoms with Crippen LogP contribution in [0, 0.1) is 17.8 Å². The van der Waals surface area contributed by atoms with Gasteiger partial charge in [0, 0.05) is 13.6 Å². The molecule has 21 heavy (non-hydrogen) atoms. The second-order valence-corrected chi connectivity index (χ2v) is 5.86. The normalized spacial score (nSPS) is 32.8. The van der Waals surface area contributed by atoms with Gasteiger partial charge in [0.25, 0.3) is 0 Å². The third kappa shape index (κ3) is 3.18. The Kier molecular flexibility index (Phi) is 4.82. The molecule has 2 aliphatic rings. The zero-order chi connectivity index (χ0) is 15.6. The lowest BCUT2D eigenvalue weighted by Gasteiger charge is -2.36. The number of likely N-dealkylation sites (N-methyl/N-ethyl adjacent to an activating group) is 1. The third-order valence-electron chi connectivity index (χ3n) is 4.39. The Morgan fingerprint density at radius 3 is 2.52 bits per heavy atom. The Morgan fingerprint density at radius 2 is 1.90 bits per heavy atom. The molecule has 1 aliphatic carbocycles. The number of ether oxygens (including phenoxy) is 1. The fourth-order valence-electron chi connectivity index (χ4n) is 3.30. The fraction of sp³-hybridized carbons (Fsp3) is 0.786. The highest BCUT2D eigenvalue weighted by molar-refractivity contribution is 5.91. The zero-order valence-electron chi connectivity index (χ0n) is 12.4. The quantitative estimate of drug-likeness (QED) is 0.746. The molecule has 0 aromatic carbocycles. The molecule has 2 amide bonds. The molecule has 1 aliphatic heterocycles. The van der Waals surface area contributed by atoms with Crippen LogP contribution in [0.2, 0.25) is 0 Å². The molecule has 0 aromatic heterocycles. The van der Waals surface area contributed by atoms with Gasteiger partial charge in [-0.25, -0.2) is 0 Å². The molecule has 0 aromatic rings. The third-order valence-corrected chi connectivity index (χ3v) is 4.39. The van der Waals surface area contributed by atoms with Crippen LogP contribution in [0.25, 0.3) is 0 Å². The van der Waals surface area contributed by atoms with Crippen molar-refractivity contribution in [3.63, 3.8) is 0 Å². The first-order valence-electron chi connectivity index (χ1n) is 7.28. The van der Waals surface area contributed by atoms with Gasteiger partial charge in [0.15, 0.2) is 0 Å². The number of rotatable bonds is 3. The first-order valence-corrected chi connectivity index (χ1v) is 7.28. The molecular weight excluding hydrogens is 276 g/mol. The number of aliphatic carboxylic acids is 1. The molecule has 1 saturated heterocycles. The summed E-state index contributed by atoms with van der Waals surface area (Å²) in [7, 11) is 1.51. The number of carbonyl (C=O) groups excluding carboxylic acids is 2. The Bertz CT molecular complexity index is 439. The van der Waals surface area contributed by atoms with Crippen molar-refractivity contribution < 1.29 is 24.2 Å². The number of hydrogen-bond acceptors (Lipinski definition) is 4. The summed E-state index contributed by atoms with van der Waals surface area (Å²) >= 11 is 0. The van der Waals surface area contributed by atoms with E-state index in [-0.39, 0.29) is 24.3 Å². The molecule has 118 valence electrons. The predicted molar refractivity (Wildman–Crippen MR) is 73.4 cm³/mol. The van der Waals surface area contributed by atoms with E-state index in [2.05, 4.69) is 5.32 Å². The highest BCUT2D eigenvalue weighted by atomic mass is 16.5. The monoisotopic (exact) mass is 298 g/mol. The zero-order valence-corrected chi connectivity index (χ0v) is 12.4. The van der Waals surface area contributed by atoms with Crippen molar-refractivity contribution in [3.8, 4) is 0 Å². The molecule has 7 heteroatoms. The number of carbonyl (C=O) groups is 3. The summed E-state index contributed by atoms with van der Waals surface area (Å²) in [5.74, 6) is -2.42. The number of hydrogen-bond donors (Lipinski definition) is 2. The summed E-state index contributed by atoms with van der Waals surface area (Å²) in [5.41, 5.74) is 0. The van der Waals surface area contributed by atoms with Crippen molar-refractivity contribution >= 4 is 17.8 Å². The van der Waals surface area contributed by atoms with Gasteiger partial charge in [-0.15, -0.1) is 0 Å². The molecule has 2 N–H and O–H groups in total. The molecule has 2 fully saturated rings. The lowest BCUT2D eigenvalue weighted by molar-refractivity contribution is -0.156. The van der Waals surface area contributed by atoms with Gasteiger partial charge in [-0.05, 0) is 18.8 Å². The summed E-state index contributed by atoms with van der Waals surface area (Å²) in [4.78, 5) is 37.4. The van der Waals surface area contributed by atoms with Crippen molar-refractivity contribution in [2.45, 2.75) is 25.8 Å². The van der Waals surface area contributed by atoms with Crippen LogP contribution in [-0.2, 0) is 19.1 Å². The fourth-order valence-corrected chi connectivity index (χ4v) is 3.30. The van der Waals surface area contributed by atoms with Crippen LogP contribution in [0.4, 0.5) is 0 Å². The van der Waals surface area contributed by atoms with E-state index in [9.17, 15) is 19.5 Å². The number of morpholine rings is 1. The smallest absolute Gasteiger partial charge is 0.307 e. The Hall–Kier alpha value is -1.63. The molecule has 4 atom stereocenters. The van der Waals surface area contributed by atoms with Gasteiger partial charge in [0.2, 0.25) is 11.8 Å². The van der Waals surface area contributed by atoms with Crippen molar-refractivity contribution in [1.82, 2.24) is 10.2 Å². The van der Waals surface area contributed by atoms with Crippen molar-refractivity contribution in [3.05, 3.63) is 0 Å². The van der Waals surface area contributed by atoms with Gasteiger partial charge < -0.3 is 20.1 Å². The minimum absolute atomic E-state index is 0.158. The average molecular weight is 298 g/mol. The molecule has 0 bridgehead atoms. The van der Waals surface area contributed by atoms with E-state index in [1.807, 2.05) is 6.92 Å². The van der Waals surface area contributed by atoms with E-state index < -0.39 is 23.8 Å². The lowest BCUT2D eigenvalue weighted by atomic mass is 9.94. The maximum absolute atomic E-state index is 12.7. The first-order chi connectivity index (χ1) is 9.95. The maximum atomic E-state index is 12.7. The Labute approximate surface area is 123 Å². The minimum Gasteiger partial charge on any atom is -0.481 e. The number of carboxylic acids is 1. The second-order valence-electron chi connectivity index (χ2n) is 5.86. The molecule has 2 unspecified atom stereocenters. The number of nitrogens with zero attached hydrogens (tertiary/aromatic N) is 1. The molecule has 2 rings (SSSR count). The summed E-state index contributed by atoms with van der Waals surface area (Å²) in [6.07, 6.45) is 1.08. The summed E-state index contributed by atoms with van der Waals surface area (Å²) in [6, 6.07) is -0.665. The molecular formula is C14H22N2O5. The van der Waals surface area contributed by atoms with Gasteiger partial charge in [-0.2, -0.15) is 0 Å². The van der Waals surface area contributed by atoms with Crippen molar-refractivity contribution in [1.29, 1.82) is 0 Å². The van der Waals surface area contributed by atoms with Crippen LogP contribution < -0.4 is 5.32 Å². The van der Waals surface area contributed by atoms with Crippen LogP contribution in [-0.4, -0.2) is 60.6 Å². The summed E-state index contributed by atoms with van der Waals surface area (Å²) in [6.45, 7) is 2.82. The summed E-state index contributed by atoms with van der Waals surface area (Å²) in [5, 5.41) is 11.8. The number of nitrogens with one attached hydrogen (secondary N) is 1. The number of carboxylic acid groups (broad SMARTS) is 1. The predicted octanol–water partition coefficient (Wildman–Crippen LogP) is -0.293. The number of amides is 2. The van der Waals surface area contributed by atoms with E-state index in [1.165, 1.54) is 11.9 Å².